The van der Waals surface area contributed by atoms with Gasteiger partial charge in [0.1, 0.15) is 5.82 Å². The fourth-order valence-corrected chi connectivity index (χ4v) is 1.75. The van der Waals surface area contributed by atoms with Crippen LogP contribution in [0.5, 0.6) is 0 Å². The predicted octanol–water partition coefficient (Wildman–Crippen LogP) is 3.54. The molecule has 5 heteroatoms. The Bertz CT molecular complexity index is 601. The summed E-state index contributed by atoms with van der Waals surface area (Å²) in [5.74, 6) is -0.753. The third-order valence-electron chi connectivity index (χ3n) is 2.45. The highest BCUT2D eigenvalue weighted by atomic mass is 79.9. The number of aromatic nitrogens is 1. The number of nitrogens with zero attached hydrogens (tertiary/aromatic N) is 1. The van der Waals surface area contributed by atoms with Crippen LogP contribution in [-0.4, -0.2) is 10.9 Å². The highest BCUT2D eigenvalue weighted by Crippen LogP contribution is 2.21. The van der Waals surface area contributed by atoms with E-state index in [1.165, 1.54) is 6.07 Å². The number of pyridine rings is 1. The molecule has 1 N–H and O–H groups in total. The van der Waals surface area contributed by atoms with Crippen LogP contribution >= 0.6 is 15.9 Å². The summed E-state index contributed by atoms with van der Waals surface area (Å²) < 4.78 is 14.0. The zero-order valence-electron chi connectivity index (χ0n) is 9.58. The lowest BCUT2D eigenvalue weighted by Gasteiger charge is -2.07. The number of aryl methyl sites for hydroxylation is 1. The highest BCUT2D eigenvalue weighted by Gasteiger charge is 2.09. The van der Waals surface area contributed by atoms with Crippen molar-refractivity contribution in [2.24, 2.45) is 0 Å². The van der Waals surface area contributed by atoms with Crippen LogP contribution in [-0.2, 0) is 0 Å². The van der Waals surface area contributed by atoms with E-state index < -0.39 is 5.82 Å². The third kappa shape index (κ3) is 2.73. The maximum absolute atomic E-state index is 13.4. The van der Waals surface area contributed by atoms with Gasteiger partial charge in [-0.1, -0.05) is 6.07 Å². The molecule has 0 aliphatic heterocycles. The van der Waals surface area contributed by atoms with Gasteiger partial charge in [-0.25, -0.2) is 4.39 Å². The van der Waals surface area contributed by atoms with Crippen molar-refractivity contribution < 1.29 is 9.18 Å². The van der Waals surface area contributed by atoms with Gasteiger partial charge >= 0.3 is 0 Å². The van der Waals surface area contributed by atoms with Crippen molar-refractivity contribution in [1.82, 2.24) is 4.98 Å². The van der Waals surface area contributed by atoms with Crippen molar-refractivity contribution in [3.8, 4) is 0 Å². The Morgan fingerprint density at radius 3 is 2.83 bits per heavy atom. The Kier molecular flexibility index (Phi) is 3.72. The van der Waals surface area contributed by atoms with Gasteiger partial charge in [-0.05, 0) is 46.6 Å². The topological polar surface area (TPSA) is 42.0 Å². The smallest absolute Gasteiger partial charge is 0.255 e. The molecule has 1 heterocycles. The highest BCUT2D eigenvalue weighted by molar-refractivity contribution is 9.10. The summed E-state index contributed by atoms with van der Waals surface area (Å²) in [6.45, 7) is 1.65. The molecule has 1 amide bonds. The Hall–Kier alpha value is -1.75. The van der Waals surface area contributed by atoms with Crippen LogP contribution in [0, 0.1) is 12.7 Å². The quantitative estimate of drug-likeness (QED) is 0.922. The fraction of sp³-hybridized carbons (Fsp3) is 0.0769. The summed E-state index contributed by atoms with van der Waals surface area (Å²) in [5.41, 5.74) is 1.38. The maximum Gasteiger partial charge on any atom is 0.255 e. The number of carbonyl (C=O) groups excluding carboxylic acids is 1. The molecule has 1 aromatic carbocycles. The molecular weight excluding hydrogens is 299 g/mol. The van der Waals surface area contributed by atoms with Gasteiger partial charge in [0.05, 0.1) is 10.2 Å². The second-order valence-corrected chi connectivity index (χ2v) is 4.63. The van der Waals surface area contributed by atoms with E-state index in [2.05, 4.69) is 26.2 Å². The maximum atomic E-state index is 13.4. The molecule has 2 aromatic rings. The molecule has 0 fully saturated rings. The molecule has 3 nitrogen and oxygen atoms in total. The molecule has 0 atom stereocenters. The molecule has 2 rings (SSSR count). The molecule has 18 heavy (non-hydrogen) atoms. The summed E-state index contributed by atoms with van der Waals surface area (Å²) in [4.78, 5) is 15.8. The van der Waals surface area contributed by atoms with Crippen LogP contribution in [0.15, 0.2) is 41.1 Å². The lowest BCUT2D eigenvalue weighted by molar-refractivity contribution is 0.102. The molecule has 0 bridgehead atoms. The minimum Gasteiger partial charge on any atom is -0.321 e. The molecule has 92 valence electrons. The Labute approximate surface area is 112 Å². The number of amides is 1. The number of carbonyl (C=O) groups is 1. The largest absolute Gasteiger partial charge is 0.321 e. The zero-order valence-corrected chi connectivity index (χ0v) is 11.2. The number of nitrogens with one attached hydrogen (secondary N) is 1. The lowest BCUT2D eigenvalue weighted by atomic mass is 10.1. The average Bonchev–Trinajstić information content (AvgIpc) is 2.35. The number of halogens is 2. The van der Waals surface area contributed by atoms with Gasteiger partial charge < -0.3 is 5.32 Å². The normalized spacial score (nSPS) is 10.2. The first kappa shape index (κ1) is 12.7. The molecule has 1 aromatic heterocycles. The fourth-order valence-electron chi connectivity index (χ4n) is 1.41. The molecule has 0 aliphatic carbocycles. The van der Waals surface area contributed by atoms with E-state index in [4.69, 9.17) is 0 Å². The molecule has 0 aliphatic rings. The van der Waals surface area contributed by atoms with Gasteiger partial charge in [-0.2, -0.15) is 0 Å². The van der Waals surface area contributed by atoms with Crippen molar-refractivity contribution in [3.05, 3.63) is 58.1 Å². The van der Waals surface area contributed by atoms with E-state index in [1.54, 1.807) is 37.5 Å². The second-order valence-electron chi connectivity index (χ2n) is 3.77. The number of rotatable bonds is 2. The van der Waals surface area contributed by atoms with Crippen molar-refractivity contribution >= 4 is 27.5 Å². The average molecular weight is 309 g/mol. The summed E-state index contributed by atoms with van der Waals surface area (Å²) in [7, 11) is 0. The van der Waals surface area contributed by atoms with Gasteiger partial charge in [-0.3, -0.25) is 9.78 Å². The molecule has 0 saturated heterocycles. The second kappa shape index (κ2) is 5.27. The van der Waals surface area contributed by atoms with E-state index in [1.807, 2.05) is 0 Å². The standard InChI is InChI=1S/C13H10BrFN2O/c1-8-2-3-9(6-11(8)15)13(18)17-12-4-5-16-7-10(12)14/h2-7H,1H3,(H,16,17,18). The number of benzene rings is 1. The Morgan fingerprint density at radius 2 is 2.17 bits per heavy atom. The zero-order chi connectivity index (χ0) is 13.1. The van der Waals surface area contributed by atoms with E-state index in [0.717, 1.165) is 0 Å². The molecule has 0 radical (unpaired) electrons. The number of hydrogen-bond donors (Lipinski definition) is 1. The van der Waals surface area contributed by atoms with E-state index >= 15 is 0 Å². The first-order valence-electron chi connectivity index (χ1n) is 5.25. The van der Waals surface area contributed by atoms with E-state index in [-0.39, 0.29) is 11.5 Å². The number of hydrogen-bond acceptors (Lipinski definition) is 2. The molecule has 0 saturated carbocycles. The summed E-state index contributed by atoms with van der Waals surface area (Å²) in [5, 5.41) is 2.68. The van der Waals surface area contributed by atoms with Gasteiger partial charge in [0, 0.05) is 18.0 Å². The summed E-state index contributed by atoms with van der Waals surface area (Å²) in [6.07, 6.45) is 3.14. The van der Waals surface area contributed by atoms with Crippen LogP contribution in [0.4, 0.5) is 10.1 Å². The molecule has 0 unspecified atom stereocenters. The van der Waals surface area contributed by atoms with Crippen molar-refractivity contribution in [2.45, 2.75) is 6.92 Å². The minimum atomic E-state index is -0.392. The van der Waals surface area contributed by atoms with Crippen LogP contribution in [0.2, 0.25) is 0 Å². The first-order chi connectivity index (χ1) is 8.58. The van der Waals surface area contributed by atoms with E-state index in [0.29, 0.717) is 15.7 Å². The number of anilines is 1. The summed E-state index contributed by atoms with van der Waals surface area (Å²) in [6, 6.07) is 6.04. The Morgan fingerprint density at radius 1 is 1.39 bits per heavy atom. The van der Waals surface area contributed by atoms with Crippen molar-refractivity contribution in [2.75, 3.05) is 5.32 Å². The van der Waals surface area contributed by atoms with E-state index in [9.17, 15) is 9.18 Å². The third-order valence-corrected chi connectivity index (χ3v) is 3.09. The van der Waals surface area contributed by atoms with Crippen molar-refractivity contribution in [3.63, 3.8) is 0 Å². The molecular formula is C13H10BrFN2O. The van der Waals surface area contributed by atoms with Gasteiger partial charge in [-0.15, -0.1) is 0 Å². The van der Waals surface area contributed by atoms with Crippen LogP contribution in [0.1, 0.15) is 15.9 Å². The van der Waals surface area contributed by atoms with Gasteiger partial charge in [0.15, 0.2) is 0 Å². The SMILES string of the molecule is Cc1ccc(C(=O)Nc2ccncc2Br)cc1F. The van der Waals surface area contributed by atoms with Gasteiger partial charge in [0.2, 0.25) is 0 Å². The van der Waals surface area contributed by atoms with Gasteiger partial charge in [0.25, 0.3) is 5.91 Å². The predicted molar refractivity (Wildman–Crippen MR) is 71.0 cm³/mol. The minimum absolute atomic E-state index is 0.279. The molecule has 0 spiro atoms. The summed E-state index contributed by atoms with van der Waals surface area (Å²) >= 11 is 3.27. The van der Waals surface area contributed by atoms with Crippen LogP contribution in [0.3, 0.4) is 0 Å². The monoisotopic (exact) mass is 308 g/mol. The first-order valence-corrected chi connectivity index (χ1v) is 6.04. The Balaban J connectivity index is 2.22. The van der Waals surface area contributed by atoms with Crippen LogP contribution in [0.25, 0.3) is 0 Å². The van der Waals surface area contributed by atoms with Crippen molar-refractivity contribution in [1.29, 1.82) is 0 Å². The van der Waals surface area contributed by atoms with Crippen LogP contribution < -0.4 is 5.32 Å². The lowest BCUT2D eigenvalue weighted by Crippen LogP contribution is -2.12.